The van der Waals surface area contributed by atoms with Crippen molar-refractivity contribution in [3.8, 4) is 0 Å². The molecule has 0 radical (unpaired) electrons. The molecule has 3 rings (SSSR count). The number of rotatable bonds is 6. The summed E-state index contributed by atoms with van der Waals surface area (Å²) in [5.74, 6) is -0.0388. The first kappa shape index (κ1) is 22.1. The Morgan fingerprint density at radius 3 is 2.07 bits per heavy atom. The van der Waals surface area contributed by atoms with E-state index in [1.807, 2.05) is 25.8 Å². The van der Waals surface area contributed by atoms with Crippen LogP contribution in [0.2, 0.25) is 0 Å². The highest BCUT2D eigenvalue weighted by Gasteiger charge is 2.36. The van der Waals surface area contributed by atoms with E-state index in [0.717, 1.165) is 12.8 Å². The largest absolute Gasteiger partial charge is 0.339 e. The van der Waals surface area contributed by atoms with Crippen molar-refractivity contribution in [2.75, 3.05) is 20.1 Å². The predicted molar refractivity (Wildman–Crippen MR) is 109 cm³/mol. The topological polar surface area (TPSA) is 69.7 Å². The van der Waals surface area contributed by atoms with Crippen LogP contribution in [0.3, 0.4) is 0 Å². The molecule has 2 saturated heterocycles. The molecule has 1 amide bonds. The molecule has 1 N–H and O–H groups in total. The normalized spacial score (nSPS) is 24.5. The van der Waals surface area contributed by atoms with Gasteiger partial charge in [-0.1, -0.05) is 13.8 Å². The lowest BCUT2D eigenvalue weighted by molar-refractivity contribution is 0.0681. The fourth-order valence-corrected chi connectivity index (χ4v) is 5.65. The van der Waals surface area contributed by atoms with Gasteiger partial charge < -0.3 is 10.2 Å². The molecule has 1 aromatic carbocycles. The average Bonchev–Trinajstić information content (AvgIpc) is 2.99. The third kappa shape index (κ3) is 4.47. The third-order valence-electron chi connectivity index (χ3n) is 5.76. The van der Waals surface area contributed by atoms with Crippen molar-refractivity contribution in [2.24, 2.45) is 0 Å². The van der Waals surface area contributed by atoms with Crippen molar-refractivity contribution in [3.63, 3.8) is 0 Å². The molecular weight excluding hydrogens is 386 g/mol. The Morgan fingerprint density at radius 1 is 1.07 bits per heavy atom. The summed E-state index contributed by atoms with van der Waals surface area (Å²) in [5, 5.41) is 3.59. The number of nitrogens with zero attached hydrogens (tertiary/aromatic N) is 2. The smallest absolute Gasteiger partial charge is 0.253 e. The SMILES string of the molecule is CCN(CC)S(=O)(=O)c1ccc(C(=O)N(C)C2CC3CCC(C2)N3)cc1.Cl. The van der Waals surface area contributed by atoms with Crippen molar-refractivity contribution in [3.05, 3.63) is 29.8 Å². The van der Waals surface area contributed by atoms with Crippen molar-refractivity contribution >= 4 is 28.3 Å². The molecule has 6 nitrogen and oxygen atoms in total. The van der Waals surface area contributed by atoms with Crippen molar-refractivity contribution in [2.45, 2.75) is 62.6 Å². The maximum Gasteiger partial charge on any atom is 0.253 e. The molecule has 27 heavy (non-hydrogen) atoms. The van der Waals surface area contributed by atoms with Gasteiger partial charge in [0.25, 0.3) is 5.91 Å². The maximum absolute atomic E-state index is 12.8. The second-order valence-corrected chi connectivity index (χ2v) is 9.23. The average molecular weight is 416 g/mol. The second kappa shape index (κ2) is 8.90. The summed E-state index contributed by atoms with van der Waals surface area (Å²) in [6.45, 7) is 4.50. The van der Waals surface area contributed by atoms with Gasteiger partial charge >= 0.3 is 0 Å². The minimum atomic E-state index is -3.49. The molecule has 2 bridgehead atoms. The fraction of sp³-hybridized carbons (Fsp3) is 0.632. The van der Waals surface area contributed by atoms with Crippen LogP contribution in [0.25, 0.3) is 0 Å². The molecule has 1 aromatic rings. The van der Waals surface area contributed by atoms with E-state index in [-0.39, 0.29) is 29.3 Å². The quantitative estimate of drug-likeness (QED) is 0.774. The van der Waals surface area contributed by atoms with Gasteiger partial charge in [-0.05, 0) is 49.9 Å². The van der Waals surface area contributed by atoms with Gasteiger partial charge in [0.1, 0.15) is 0 Å². The first-order chi connectivity index (χ1) is 12.4. The summed E-state index contributed by atoms with van der Waals surface area (Å²) in [6, 6.07) is 7.64. The number of halogens is 1. The van der Waals surface area contributed by atoms with Gasteiger partial charge in [0.15, 0.2) is 0 Å². The van der Waals surface area contributed by atoms with E-state index in [0.29, 0.717) is 30.7 Å². The first-order valence-electron chi connectivity index (χ1n) is 9.50. The van der Waals surface area contributed by atoms with Crippen LogP contribution in [0.4, 0.5) is 0 Å². The predicted octanol–water partition coefficient (Wildman–Crippen LogP) is 2.49. The number of amides is 1. The molecule has 0 spiro atoms. The second-order valence-electron chi connectivity index (χ2n) is 7.29. The van der Waals surface area contributed by atoms with Gasteiger partial charge in [-0.3, -0.25) is 4.79 Å². The van der Waals surface area contributed by atoms with E-state index in [1.54, 1.807) is 24.3 Å². The molecule has 2 unspecified atom stereocenters. The van der Waals surface area contributed by atoms with Gasteiger partial charge in [0, 0.05) is 43.8 Å². The zero-order chi connectivity index (χ0) is 18.9. The molecule has 8 heteroatoms. The number of hydrogen-bond donors (Lipinski definition) is 1. The van der Waals surface area contributed by atoms with E-state index < -0.39 is 10.0 Å². The lowest BCUT2D eigenvalue weighted by atomic mass is 9.98. The van der Waals surface area contributed by atoms with Crippen LogP contribution in [0.1, 0.15) is 49.9 Å². The zero-order valence-electron chi connectivity index (χ0n) is 16.2. The summed E-state index contributed by atoms with van der Waals surface area (Å²) >= 11 is 0. The highest BCUT2D eigenvalue weighted by Crippen LogP contribution is 2.30. The number of fused-ring (bicyclic) bond motifs is 2. The van der Waals surface area contributed by atoms with Crippen LogP contribution < -0.4 is 5.32 Å². The van der Waals surface area contributed by atoms with Gasteiger partial charge in [-0.25, -0.2) is 8.42 Å². The molecule has 2 heterocycles. The number of hydrogen-bond acceptors (Lipinski definition) is 4. The van der Waals surface area contributed by atoms with Crippen molar-refractivity contribution in [1.82, 2.24) is 14.5 Å². The van der Waals surface area contributed by atoms with Gasteiger partial charge in [0.2, 0.25) is 10.0 Å². The number of sulfonamides is 1. The fourth-order valence-electron chi connectivity index (χ4n) is 4.19. The minimum absolute atomic E-state index is 0. The summed E-state index contributed by atoms with van der Waals surface area (Å²) in [6.07, 6.45) is 4.38. The maximum atomic E-state index is 12.8. The number of carbonyl (C=O) groups excluding carboxylic acids is 1. The Bertz CT molecular complexity index is 738. The van der Waals surface area contributed by atoms with Crippen molar-refractivity contribution in [1.29, 1.82) is 0 Å². The lowest BCUT2D eigenvalue weighted by Crippen LogP contribution is -2.48. The number of carbonyl (C=O) groups is 1. The molecule has 0 aromatic heterocycles. The Morgan fingerprint density at radius 2 is 1.59 bits per heavy atom. The van der Waals surface area contributed by atoms with Crippen LogP contribution in [0.15, 0.2) is 29.2 Å². The minimum Gasteiger partial charge on any atom is -0.339 e. The third-order valence-corrected chi connectivity index (χ3v) is 7.82. The van der Waals surface area contributed by atoms with Crippen LogP contribution >= 0.6 is 12.4 Å². The van der Waals surface area contributed by atoms with Crippen LogP contribution in [-0.4, -0.2) is 61.8 Å². The van der Waals surface area contributed by atoms with Gasteiger partial charge in [-0.2, -0.15) is 4.31 Å². The number of piperidine rings is 1. The molecule has 2 aliphatic heterocycles. The molecule has 2 atom stereocenters. The van der Waals surface area contributed by atoms with Gasteiger partial charge in [-0.15, -0.1) is 12.4 Å². The Labute approximate surface area is 168 Å². The molecule has 2 fully saturated rings. The highest BCUT2D eigenvalue weighted by molar-refractivity contribution is 7.89. The Hall–Kier alpha value is -1.15. The van der Waals surface area contributed by atoms with E-state index in [9.17, 15) is 13.2 Å². The van der Waals surface area contributed by atoms with Crippen LogP contribution in [0.5, 0.6) is 0 Å². The molecule has 0 saturated carbocycles. The van der Waals surface area contributed by atoms with Crippen LogP contribution in [-0.2, 0) is 10.0 Å². The Kier molecular flexibility index (Phi) is 7.30. The lowest BCUT2D eigenvalue weighted by Gasteiger charge is -2.35. The summed E-state index contributed by atoms with van der Waals surface area (Å²) in [7, 11) is -1.63. The van der Waals surface area contributed by atoms with Crippen molar-refractivity contribution < 1.29 is 13.2 Å². The van der Waals surface area contributed by atoms with E-state index in [2.05, 4.69) is 5.32 Å². The highest BCUT2D eigenvalue weighted by atomic mass is 35.5. The molecule has 0 aliphatic carbocycles. The standard InChI is InChI=1S/C19H29N3O3S.ClH/c1-4-22(5-2)26(24,25)18-10-6-14(7-11-18)19(23)21(3)17-12-15-8-9-16(13-17)20-15;/h6-7,10-11,15-17,20H,4-5,8-9,12-13H2,1-3H3;1H. The summed E-state index contributed by atoms with van der Waals surface area (Å²) < 4.78 is 26.5. The summed E-state index contributed by atoms with van der Waals surface area (Å²) in [4.78, 5) is 14.9. The zero-order valence-corrected chi connectivity index (χ0v) is 17.9. The first-order valence-corrected chi connectivity index (χ1v) is 10.9. The molecular formula is C19H30ClN3O3S. The molecule has 2 aliphatic rings. The van der Waals surface area contributed by atoms with Gasteiger partial charge in [0.05, 0.1) is 4.90 Å². The van der Waals surface area contributed by atoms with E-state index >= 15 is 0 Å². The van der Waals surface area contributed by atoms with E-state index in [4.69, 9.17) is 0 Å². The van der Waals surface area contributed by atoms with Crippen LogP contribution in [0, 0.1) is 0 Å². The molecule has 152 valence electrons. The number of benzene rings is 1. The monoisotopic (exact) mass is 415 g/mol. The summed E-state index contributed by atoms with van der Waals surface area (Å²) in [5.41, 5.74) is 0.539. The number of nitrogens with one attached hydrogen (secondary N) is 1. The Balaban J connectivity index is 0.00000261. The van der Waals surface area contributed by atoms with E-state index in [1.165, 1.54) is 17.1 Å².